The number of nitrogens with one attached hydrogen (secondary N) is 1. The number of oxazole rings is 1. The molecule has 0 aliphatic carbocycles. The van der Waals surface area contributed by atoms with Gasteiger partial charge in [-0.25, -0.2) is 4.98 Å². The maximum absolute atomic E-state index is 12.8. The molecule has 6 rings (SSSR count). The van der Waals surface area contributed by atoms with Crippen LogP contribution in [0.1, 0.15) is 10.6 Å². The molecule has 34 heavy (non-hydrogen) atoms. The lowest BCUT2D eigenvalue weighted by atomic mass is 10.1. The molecule has 0 saturated heterocycles. The molecule has 1 amide bonds. The van der Waals surface area contributed by atoms with E-state index in [0.717, 1.165) is 27.4 Å². The second-order valence-corrected chi connectivity index (χ2v) is 8.29. The number of nitrogens with zero attached hydrogens (tertiary/aromatic N) is 1. The fraction of sp³-hybridized carbons (Fsp3) is 0. The molecular weight excluding hydrogens is 448 g/mol. The molecule has 0 unspecified atom stereocenters. The number of carbonyl (C=O) groups excluding carboxylic acids is 1. The van der Waals surface area contributed by atoms with Crippen molar-refractivity contribution >= 4 is 45.1 Å². The number of fused-ring (bicyclic) bond motifs is 3. The highest BCUT2D eigenvalue weighted by Crippen LogP contribution is 2.31. The molecular formula is C28H17ClN2O3. The van der Waals surface area contributed by atoms with Crippen LogP contribution >= 0.6 is 11.6 Å². The summed E-state index contributed by atoms with van der Waals surface area (Å²) in [5.41, 5.74) is 3.74. The van der Waals surface area contributed by atoms with Crippen LogP contribution < -0.4 is 5.32 Å². The molecule has 6 aromatic rings. The Hall–Kier alpha value is -4.35. The number of hydrogen-bond donors (Lipinski definition) is 1. The van der Waals surface area contributed by atoms with Crippen molar-refractivity contribution in [2.75, 3.05) is 5.32 Å². The van der Waals surface area contributed by atoms with Crippen molar-refractivity contribution < 1.29 is 13.6 Å². The predicted molar refractivity (Wildman–Crippen MR) is 134 cm³/mol. The highest BCUT2D eigenvalue weighted by Gasteiger charge is 2.15. The zero-order valence-electron chi connectivity index (χ0n) is 17.8. The number of carbonyl (C=O) groups is 1. The van der Waals surface area contributed by atoms with Gasteiger partial charge in [0.2, 0.25) is 5.89 Å². The van der Waals surface area contributed by atoms with Crippen molar-refractivity contribution in [1.29, 1.82) is 0 Å². The third-order valence-electron chi connectivity index (χ3n) is 5.61. The molecule has 0 aliphatic heterocycles. The topological polar surface area (TPSA) is 68.3 Å². The van der Waals surface area contributed by atoms with Crippen molar-refractivity contribution in [2.24, 2.45) is 0 Å². The van der Waals surface area contributed by atoms with Gasteiger partial charge in [0.15, 0.2) is 11.3 Å². The van der Waals surface area contributed by atoms with Gasteiger partial charge in [0.05, 0.1) is 0 Å². The summed E-state index contributed by atoms with van der Waals surface area (Å²) in [4.78, 5) is 17.5. The molecule has 1 N–H and O–H groups in total. The first-order chi connectivity index (χ1) is 16.6. The monoisotopic (exact) mass is 464 g/mol. The molecule has 4 aromatic carbocycles. The van der Waals surface area contributed by atoms with E-state index in [0.29, 0.717) is 27.9 Å². The van der Waals surface area contributed by atoms with E-state index in [4.69, 9.17) is 25.4 Å². The lowest BCUT2D eigenvalue weighted by Crippen LogP contribution is -2.10. The molecule has 2 aromatic heterocycles. The Bertz CT molecular complexity index is 1660. The quantitative estimate of drug-likeness (QED) is 0.289. The first kappa shape index (κ1) is 20.3. The molecule has 0 atom stereocenters. The summed E-state index contributed by atoms with van der Waals surface area (Å²) in [6, 6.07) is 30.0. The maximum Gasteiger partial charge on any atom is 0.291 e. The van der Waals surface area contributed by atoms with E-state index in [9.17, 15) is 4.79 Å². The van der Waals surface area contributed by atoms with Gasteiger partial charge in [-0.3, -0.25) is 4.79 Å². The summed E-state index contributed by atoms with van der Waals surface area (Å²) in [6.07, 6.45) is 0. The standard InChI is InChI=1S/C28H17ClN2O3/c29-20-11-8-18(9-12-20)23-14-15-25(33-23)27(32)30-21-6-3-5-19(16-21)28-31-26-22-7-2-1-4-17(22)10-13-24(26)34-28/h1-16H,(H,30,32). The Morgan fingerprint density at radius 3 is 2.53 bits per heavy atom. The van der Waals surface area contributed by atoms with Crippen LogP contribution in [-0.4, -0.2) is 10.9 Å². The largest absolute Gasteiger partial charge is 0.451 e. The summed E-state index contributed by atoms with van der Waals surface area (Å²) < 4.78 is 11.8. The van der Waals surface area contributed by atoms with E-state index < -0.39 is 0 Å². The third kappa shape index (κ3) is 3.72. The average molecular weight is 465 g/mol. The SMILES string of the molecule is O=C(Nc1cccc(-c2nc3c(ccc4ccccc43)o2)c1)c1ccc(-c2ccc(Cl)cc2)o1. The van der Waals surface area contributed by atoms with Gasteiger partial charge in [0.25, 0.3) is 5.91 Å². The molecule has 5 nitrogen and oxygen atoms in total. The fourth-order valence-electron chi connectivity index (χ4n) is 3.94. The van der Waals surface area contributed by atoms with E-state index in [-0.39, 0.29) is 11.7 Å². The van der Waals surface area contributed by atoms with E-state index >= 15 is 0 Å². The summed E-state index contributed by atoms with van der Waals surface area (Å²) in [7, 11) is 0. The molecule has 0 spiro atoms. The minimum absolute atomic E-state index is 0.212. The van der Waals surface area contributed by atoms with Gasteiger partial charge in [0, 0.05) is 27.2 Å². The van der Waals surface area contributed by atoms with Crippen molar-refractivity contribution in [1.82, 2.24) is 4.98 Å². The third-order valence-corrected chi connectivity index (χ3v) is 5.86. The van der Waals surface area contributed by atoms with E-state index in [1.807, 2.05) is 72.8 Å². The van der Waals surface area contributed by atoms with Crippen LogP contribution in [-0.2, 0) is 0 Å². The van der Waals surface area contributed by atoms with E-state index in [1.54, 1.807) is 24.3 Å². The smallest absolute Gasteiger partial charge is 0.291 e. The summed E-state index contributed by atoms with van der Waals surface area (Å²) in [5, 5.41) is 5.66. The Morgan fingerprint density at radius 1 is 0.794 bits per heavy atom. The summed E-state index contributed by atoms with van der Waals surface area (Å²) in [6.45, 7) is 0. The maximum atomic E-state index is 12.8. The van der Waals surface area contributed by atoms with Crippen molar-refractivity contribution in [3.05, 3.63) is 108 Å². The molecule has 2 heterocycles. The van der Waals surface area contributed by atoms with Gasteiger partial charge < -0.3 is 14.2 Å². The normalized spacial score (nSPS) is 11.2. The first-order valence-corrected chi connectivity index (χ1v) is 11.1. The molecule has 6 heteroatoms. The second kappa shape index (κ2) is 8.21. The number of hydrogen-bond acceptors (Lipinski definition) is 4. The predicted octanol–water partition coefficient (Wildman–Crippen LogP) is 7.81. The number of aromatic nitrogens is 1. The lowest BCUT2D eigenvalue weighted by molar-refractivity contribution is 0.0997. The molecule has 164 valence electrons. The number of anilines is 1. The van der Waals surface area contributed by atoms with Crippen LogP contribution in [0.25, 0.3) is 44.7 Å². The van der Waals surface area contributed by atoms with Crippen molar-refractivity contribution in [3.8, 4) is 22.8 Å². The van der Waals surface area contributed by atoms with Gasteiger partial charge in [-0.05, 0) is 66.0 Å². The Kier molecular flexibility index (Phi) is 4.90. The molecule has 0 aliphatic rings. The Morgan fingerprint density at radius 2 is 1.65 bits per heavy atom. The Balaban J connectivity index is 1.26. The van der Waals surface area contributed by atoms with Crippen LogP contribution in [0.15, 0.2) is 106 Å². The number of halogens is 1. The molecule has 0 radical (unpaired) electrons. The van der Waals surface area contributed by atoms with Crippen LogP contribution in [0.4, 0.5) is 5.69 Å². The molecule has 0 fully saturated rings. The number of benzene rings is 4. The van der Waals surface area contributed by atoms with Gasteiger partial charge in [0.1, 0.15) is 11.3 Å². The first-order valence-electron chi connectivity index (χ1n) is 10.7. The highest BCUT2D eigenvalue weighted by molar-refractivity contribution is 6.30. The van der Waals surface area contributed by atoms with E-state index in [1.165, 1.54) is 0 Å². The highest BCUT2D eigenvalue weighted by atomic mass is 35.5. The summed E-state index contributed by atoms with van der Waals surface area (Å²) >= 11 is 5.94. The zero-order valence-corrected chi connectivity index (χ0v) is 18.5. The number of amides is 1. The van der Waals surface area contributed by atoms with Crippen molar-refractivity contribution in [3.63, 3.8) is 0 Å². The summed E-state index contributed by atoms with van der Waals surface area (Å²) in [5.74, 6) is 0.948. The van der Waals surface area contributed by atoms with Gasteiger partial charge >= 0.3 is 0 Å². The zero-order chi connectivity index (χ0) is 23.1. The minimum Gasteiger partial charge on any atom is -0.451 e. The van der Waals surface area contributed by atoms with Crippen LogP contribution in [0, 0.1) is 0 Å². The van der Waals surface area contributed by atoms with Crippen LogP contribution in [0.5, 0.6) is 0 Å². The van der Waals surface area contributed by atoms with Gasteiger partial charge in [-0.2, -0.15) is 0 Å². The number of rotatable bonds is 4. The minimum atomic E-state index is -0.346. The lowest BCUT2D eigenvalue weighted by Gasteiger charge is -2.04. The van der Waals surface area contributed by atoms with Crippen LogP contribution in [0.3, 0.4) is 0 Å². The molecule has 0 saturated carbocycles. The second-order valence-electron chi connectivity index (χ2n) is 7.86. The van der Waals surface area contributed by atoms with Gasteiger partial charge in [-0.1, -0.05) is 48.0 Å². The van der Waals surface area contributed by atoms with E-state index in [2.05, 4.69) is 5.32 Å². The molecule has 0 bridgehead atoms. The Labute approximate surface area is 199 Å². The average Bonchev–Trinajstić information content (AvgIpc) is 3.53. The van der Waals surface area contributed by atoms with Crippen molar-refractivity contribution in [2.45, 2.75) is 0 Å². The fourth-order valence-corrected chi connectivity index (χ4v) is 4.06. The number of furan rings is 1. The van der Waals surface area contributed by atoms with Crippen LogP contribution in [0.2, 0.25) is 5.02 Å². The van der Waals surface area contributed by atoms with Gasteiger partial charge in [-0.15, -0.1) is 0 Å².